The van der Waals surface area contributed by atoms with E-state index in [1.807, 2.05) is 6.07 Å². The molecule has 0 radical (unpaired) electrons. The summed E-state index contributed by atoms with van der Waals surface area (Å²) in [6.07, 6.45) is 1.08. The van der Waals surface area contributed by atoms with E-state index in [9.17, 15) is 4.39 Å². The maximum atomic E-state index is 13.5. The van der Waals surface area contributed by atoms with Gasteiger partial charge >= 0.3 is 0 Å². The molecule has 1 aromatic rings. The summed E-state index contributed by atoms with van der Waals surface area (Å²) >= 11 is 3.18. The average Bonchev–Trinajstić information content (AvgIpc) is 2.34. The maximum absolute atomic E-state index is 13.5. The third-order valence-electron chi connectivity index (χ3n) is 3.13. The first-order valence-electron chi connectivity index (χ1n) is 6.74. The van der Waals surface area contributed by atoms with Gasteiger partial charge in [0.05, 0.1) is 4.47 Å². The molecule has 108 valence electrons. The van der Waals surface area contributed by atoms with Crippen molar-refractivity contribution in [2.45, 2.75) is 33.7 Å². The molecule has 4 heteroatoms. The van der Waals surface area contributed by atoms with Gasteiger partial charge in [0.1, 0.15) is 5.82 Å². The molecule has 0 saturated carbocycles. The average molecular weight is 331 g/mol. The molecule has 2 N–H and O–H groups in total. The molecule has 2 nitrogen and oxygen atoms in total. The molecule has 1 rings (SSSR count). The first-order valence-corrected chi connectivity index (χ1v) is 7.53. The second-order valence-electron chi connectivity index (χ2n) is 5.83. The minimum absolute atomic E-state index is 0.0864. The second-order valence-corrected chi connectivity index (χ2v) is 6.68. The normalized spacial score (nSPS) is 12.2. The largest absolute Gasteiger partial charge is 0.330 e. The summed E-state index contributed by atoms with van der Waals surface area (Å²) in [4.78, 5) is 2.34. The fourth-order valence-corrected chi connectivity index (χ4v) is 2.34. The van der Waals surface area contributed by atoms with Crippen LogP contribution in [-0.2, 0) is 6.54 Å². The summed E-state index contributed by atoms with van der Waals surface area (Å²) < 4.78 is 14.0. The van der Waals surface area contributed by atoms with Gasteiger partial charge < -0.3 is 5.73 Å². The van der Waals surface area contributed by atoms with Gasteiger partial charge in [-0.3, -0.25) is 4.90 Å². The first-order chi connectivity index (χ1) is 8.88. The number of hydrogen-bond donors (Lipinski definition) is 1. The van der Waals surface area contributed by atoms with Gasteiger partial charge in [-0.25, -0.2) is 4.39 Å². The second kappa shape index (κ2) is 7.36. The number of hydrogen-bond acceptors (Lipinski definition) is 2. The predicted molar refractivity (Wildman–Crippen MR) is 82.5 cm³/mol. The Balaban J connectivity index is 2.74. The predicted octanol–water partition coefficient (Wildman–Crippen LogP) is 3.79. The third kappa shape index (κ3) is 5.59. The zero-order valence-corrected chi connectivity index (χ0v) is 13.6. The third-order valence-corrected chi connectivity index (χ3v) is 3.78. The Morgan fingerprint density at radius 2 is 2.05 bits per heavy atom. The lowest BCUT2D eigenvalue weighted by molar-refractivity contribution is 0.176. The molecule has 19 heavy (non-hydrogen) atoms. The van der Waals surface area contributed by atoms with Crippen LogP contribution in [0.1, 0.15) is 32.8 Å². The maximum Gasteiger partial charge on any atom is 0.137 e. The molecule has 0 amide bonds. The summed E-state index contributed by atoms with van der Waals surface area (Å²) in [5, 5.41) is 0. The van der Waals surface area contributed by atoms with Gasteiger partial charge in [0.2, 0.25) is 0 Å². The SMILES string of the molecule is CCCN(Cc1ccc(Br)c(F)c1)CC(C)(C)CN. The van der Waals surface area contributed by atoms with Crippen LogP contribution in [0.4, 0.5) is 4.39 Å². The summed E-state index contributed by atoms with van der Waals surface area (Å²) in [6, 6.07) is 5.33. The fourth-order valence-electron chi connectivity index (χ4n) is 2.10. The highest BCUT2D eigenvalue weighted by Crippen LogP contribution is 2.20. The van der Waals surface area contributed by atoms with Crippen LogP contribution in [0.15, 0.2) is 22.7 Å². The van der Waals surface area contributed by atoms with Crippen molar-refractivity contribution in [1.82, 2.24) is 4.90 Å². The molecule has 0 aliphatic carbocycles. The van der Waals surface area contributed by atoms with Crippen molar-refractivity contribution in [2.24, 2.45) is 11.1 Å². The summed E-state index contributed by atoms with van der Waals surface area (Å²) in [5.41, 5.74) is 6.88. The van der Waals surface area contributed by atoms with Gasteiger partial charge in [0.25, 0.3) is 0 Å². The first kappa shape index (κ1) is 16.6. The Bertz CT molecular complexity index is 407. The molecule has 0 unspecified atom stereocenters. The number of nitrogens with two attached hydrogens (primary N) is 1. The van der Waals surface area contributed by atoms with Gasteiger partial charge in [-0.05, 0) is 58.6 Å². The lowest BCUT2D eigenvalue weighted by Gasteiger charge is -2.31. The standard InChI is InChI=1S/C15H24BrFN2/c1-4-7-19(11-15(2,3)10-18)9-12-5-6-13(16)14(17)8-12/h5-6,8H,4,7,9-11,18H2,1-3H3. The van der Waals surface area contributed by atoms with Crippen LogP contribution in [-0.4, -0.2) is 24.5 Å². The molecule has 0 aliphatic rings. The Morgan fingerprint density at radius 1 is 1.37 bits per heavy atom. The quantitative estimate of drug-likeness (QED) is 0.824. The van der Waals surface area contributed by atoms with Crippen LogP contribution >= 0.6 is 15.9 Å². The van der Waals surface area contributed by atoms with Crippen molar-refractivity contribution in [3.63, 3.8) is 0 Å². The molecule has 0 saturated heterocycles. The van der Waals surface area contributed by atoms with E-state index in [4.69, 9.17) is 5.73 Å². The molecule has 0 spiro atoms. The van der Waals surface area contributed by atoms with E-state index in [1.165, 1.54) is 0 Å². The Labute approximate surface area is 124 Å². The lowest BCUT2D eigenvalue weighted by Crippen LogP contribution is -2.38. The van der Waals surface area contributed by atoms with E-state index in [1.54, 1.807) is 12.1 Å². The van der Waals surface area contributed by atoms with Crippen LogP contribution in [0.25, 0.3) is 0 Å². The molecule has 0 aliphatic heterocycles. The number of halogens is 2. The highest BCUT2D eigenvalue weighted by atomic mass is 79.9. The number of benzene rings is 1. The van der Waals surface area contributed by atoms with Crippen LogP contribution in [0.2, 0.25) is 0 Å². The van der Waals surface area contributed by atoms with E-state index < -0.39 is 0 Å². The monoisotopic (exact) mass is 330 g/mol. The molecule has 0 bridgehead atoms. The zero-order valence-electron chi connectivity index (χ0n) is 12.0. The van der Waals surface area contributed by atoms with Crippen molar-refractivity contribution >= 4 is 15.9 Å². The van der Waals surface area contributed by atoms with E-state index in [0.29, 0.717) is 11.0 Å². The van der Waals surface area contributed by atoms with Crippen molar-refractivity contribution in [1.29, 1.82) is 0 Å². The van der Waals surface area contributed by atoms with Gasteiger partial charge in [-0.2, -0.15) is 0 Å². The molecule has 1 aromatic carbocycles. The zero-order chi connectivity index (χ0) is 14.5. The van der Waals surface area contributed by atoms with Crippen molar-refractivity contribution in [2.75, 3.05) is 19.6 Å². The lowest BCUT2D eigenvalue weighted by atomic mass is 9.93. The Morgan fingerprint density at radius 3 is 2.58 bits per heavy atom. The topological polar surface area (TPSA) is 29.3 Å². The molecular formula is C15H24BrFN2. The van der Waals surface area contributed by atoms with Crippen LogP contribution in [0.5, 0.6) is 0 Å². The smallest absolute Gasteiger partial charge is 0.137 e. The number of rotatable bonds is 7. The highest BCUT2D eigenvalue weighted by Gasteiger charge is 2.20. The molecule has 0 atom stereocenters. The highest BCUT2D eigenvalue weighted by molar-refractivity contribution is 9.10. The van der Waals surface area contributed by atoms with Crippen LogP contribution in [0, 0.1) is 11.2 Å². The summed E-state index contributed by atoms with van der Waals surface area (Å²) in [5.74, 6) is -0.202. The van der Waals surface area contributed by atoms with Gasteiger partial charge in [-0.15, -0.1) is 0 Å². The molecule has 0 aromatic heterocycles. The molecular weight excluding hydrogens is 307 g/mol. The van der Waals surface area contributed by atoms with E-state index >= 15 is 0 Å². The van der Waals surface area contributed by atoms with E-state index in [-0.39, 0.29) is 11.2 Å². The van der Waals surface area contributed by atoms with Gasteiger partial charge in [0, 0.05) is 13.1 Å². The summed E-state index contributed by atoms with van der Waals surface area (Å²) in [6.45, 7) is 9.83. The molecule has 0 fully saturated rings. The van der Waals surface area contributed by atoms with Crippen LogP contribution < -0.4 is 5.73 Å². The summed E-state index contributed by atoms with van der Waals surface area (Å²) in [7, 11) is 0. The van der Waals surface area contributed by atoms with Crippen molar-refractivity contribution < 1.29 is 4.39 Å². The minimum Gasteiger partial charge on any atom is -0.330 e. The number of nitrogens with zero attached hydrogens (tertiary/aromatic N) is 1. The fraction of sp³-hybridized carbons (Fsp3) is 0.600. The van der Waals surface area contributed by atoms with Crippen LogP contribution in [0.3, 0.4) is 0 Å². The Hall–Kier alpha value is -0.450. The van der Waals surface area contributed by atoms with E-state index in [0.717, 1.165) is 31.6 Å². The van der Waals surface area contributed by atoms with Gasteiger partial charge in [0.15, 0.2) is 0 Å². The van der Waals surface area contributed by atoms with Crippen molar-refractivity contribution in [3.05, 3.63) is 34.1 Å². The van der Waals surface area contributed by atoms with E-state index in [2.05, 4.69) is 41.6 Å². The van der Waals surface area contributed by atoms with Gasteiger partial charge in [-0.1, -0.05) is 26.8 Å². The molecule has 0 heterocycles. The minimum atomic E-state index is -0.202. The van der Waals surface area contributed by atoms with Crippen molar-refractivity contribution in [3.8, 4) is 0 Å². The Kier molecular flexibility index (Phi) is 6.43.